The molecule has 44 valence electrons. The van der Waals surface area contributed by atoms with Gasteiger partial charge in [-0.05, 0) is 0 Å². The van der Waals surface area contributed by atoms with Crippen LogP contribution in [0.15, 0.2) is 0 Å². The predicted octanol–water partition coefficient (Wildman–Crippen LogP) is -2.48. The van der Waals surface area contributed by atoms with Crippen molar-refractivity contribution in [2.24, 2.45) is 0 Å². The number of rotatable bonds is 0. The molecule has 0 saturated carbocycles. The van der Waals surface area contributed by atoms with Crippen molar-refractivity contribution in [3.8, 4) is 0 Å². The first-order valence-electron chi connectivity index (χ1n) is 2.31. The molecular formula is C3H6N2O2Si. The van der Waals surface area contributed by atoms with Crippen LogP contribution in [0.5, 0.6) is 0 Å². The Hall–Kier alpha value is -0.843. The molecule has 5 heteroatoms. The van der Waals surface area contributed by atoms with Crippen molar-refractivity contribution in [3.63, 3.8) is 0 Å². The van der Waals surface area contributed by atoms with E-state index in [4.69, 9.17) is 0 Å². The highest BCUT2D eigenvalue weighted by atomic mass is 28.1. The van der Waals surface area contributed by atoms with Gasteiger partial charge in [-0.15, -0.1) is 0 Å². The Kier molecular flexibility index (Phi) is 1.05. The van der Waals surface area contributed by atoms with Crippen LogP contribution >= 0.6 is 0 Å². The summed E-state index contributed by atoms with van der Waals surface area (Å²) in [6.07, 6.45) is 0. The highest BCUT2D eigenvalue weighted by Gasteiger charge is 2.23. The van der Waals surface area contributed by atoms with E-state index in [9.17, 15) is 9.59 Å². The number of urea groups is 1. The maximum absolute atomic E-state index is 10.4. The molecule has 4 nitrogen and oxygen atoms in total. The quantitative estimate of drug-likeness (QED) is 0.282. The fourth-order valence-corrected chi connectivity index (χ4v) is 0.925. The number of hydrogen-bond acceptors (Lipinski definition) is 2. The standard InChI is InChI=1S/C3H6N2O2Si/c6-1-2(8)5-3(7)4-1/h2H,8H3,(H2,4,5,6,7). The molecule has 0 aliphatic carbocycles. The molecule has 0 aromatic rings. The molecule has 1 saturated heterocycles. The highest BCUT2D eigenvalue weighted by Crippen LogP contribution is 1.84. The van der Waals surface area contributed by atoms with Crippen molar-refractivity contribution in [3.05, 3.63) is 0 Å². The summed E-state index contributed by atoms with van der Waals surface area (Å²) in [6, 6.07) is -0.366. The predicted molar refractivity (Wildman–Crippen MR) is 30.4 cm³/mol. The van der Waals surface area contributed by atoms with Gasteiger partial charge in [0.25, 0.3) is 0 Å². The van der Waals surface area contributed by atoms with Gasteiger partial charge in [0.2, 0.25) is 5.91 Å². The second-order valence-electron chi connectivity index (χ2n) is 1.68. The van der Waals surface area contributed by atoms with Crippen LogP contribution in [0.1, 0.15) is 0 Å². The number of carbonyl (C=O) groups excluding carboxylic acids is 2. The molecule has 1 aliphatic heterocycles. The van der Waals surface area contributed by atoms with Crippen LogP contribution in [0.3, 0.4) is 0 Å². The van der Waals surface area contributed by atoms with Gasteiger partial charge in [-0.25, -0.2) is 4.79 Å². The molecule has 1 aliphatic rings. The van der Waals surface area contributed by atoms with E-state index in [1.807, 2.05) is 0 Å². The lowest BCUT2D eigenvalue weighted by atomic mass is 10.6. The summed E-state index contributed by atoms with van der Waals surface area (Å²) in [6.45, 7) is 0. The zero-order valence-corrected chi connectivity index (χ0v) is 6.39. The van der Waals surface area contributed by atoms with Crippen LogP contribution in [0, 0.1) is 0 Å². The van der Waals surface area contributed by atoms with Gasteiger partial charge in [0.1, 0.15) is 0 Å². The van der Waals surface area contributed by atoms with Crippen LogP contribution < -0.4 is 10.6 Å². The molecule has 8 heavy (non-hydrogen) atoms. The van der Waals surface area contributed by atoms with Crippen LogP contribution in [-0.4, -0.2) is 27.8 Å². The van der Waals surface area contributed by atoms with E-state index in [2.05, 4.69) is 10.6 Å². The topological polar surface area (TPSA) is 58.2 Å². The van der Waals surface area contributed by atoms with E-state index in [1.165, 1.54) is 0 Å². The molecule has 3 amide bonds. The average Bonchev–Trinajstić information content (AvgIpc) is 1.85. The normalized spacial score (nSPS) is 27.8. The second kappa shape index (κ2) is 1.59. The highest BCUT2D eigenvalue weighted by molar-refractivity contribution is 6.29. The summed E-state index contributed by atoms with van der Waals surface area (Å²) in [7, 11) is 0.681. The number of nitrogens with one attached hydrogen (secondary N) is 2. The molecule has 0 radical (unpaired) electrons. The minimum absolute atomic E-state index is 0.193. The third-order valence-corrected chi connectivity index (χ3v) is 1.79. The lowest BCUT2D eigenvalue weighted by molar-refractivity contribution is -0.118. The van der Waals surface area contributed by atoms with E-state index in [0.717, 1.165) is 0 Å². The number of imide groups is 1. The van der Waals surface area contributed by atoms with Gasteiger partial charge in [0, 0.05) is 10.2 Å². The minimum Gasteiger partial charge on any atom is -0.330 e. The molecule has 1 fully saturated rings. The van der Waals surface area contributed by atoms with Crippen molar-refractivity contribution in [2.45, 2.75) is 5.67 Å². The summed E-state index contributed by atoms with van der Waals surface area (Å²) in [5.74, 6) is -0.193. The van der Waals surface area contributed by atoms with E-state index < -0.39 is 0 Å². The monoisotopic (exact) mass is 130 g/mol. The van der Waals surface area contributed by atoms with Gasteiger partial charge in [0.05, 0.1) is 5.67 Å². The zero-order valence-electron chi connectivity index (χ0n) is 4.39. The van der Waals surface area contributed by atoms with Crippen molar-refractivity contribution in [2.75, 3.05) is 0 Å². The number of amides is 3. The first kappa shape index (κ1) is 5.30. The number of hydrogen-bond donors (Lipinski definition) is 2. The van der Waals surface area contributed by atoms with E-state index in [0.29, 0.717) is 10.2 Å². The average molecular weight is 130 g/mol. The Morgan fingerprint density at radius 2 is 2.12 bits per heavy atom. The first-order valence-corrected chi connectivity index (χ1v) is 3.47. The summed E-state index contributed by atoms with van der Waals surface area (Å²) >= 11 is 0. The molecule has 0 aromatic carbocycles. The molecule has 1 atom stereocenters. The molecule has 0 bridgehead atoms. The van der Waals surface area contributed by atoms with Crippen LogP contribution in [0.2, 0.25) is 0 Å². The van der Waals surface area contributed by atoms with Gasteiger partial charge in [0.15, 0.2) is 0 Å². The third kappa shape index (κ3) is 0.716. The lowest BCUT2D eigenvalue weighted by Crippen LogP contribution is -2.28. The maximum atomic E-state index is 10.4. The molecule has 1 rings (SSSR count). The Morgan fingerprint density at radius 1 is 1.50 bits per heavy atom. The second-order valence-corrected chi connectivity index (χ2v) is 2.84. The Balaban J connectivity index is 2.64. The van der Waals surface area contributed by atoms with Crippen molar-refractivity contribution >= 4 is 22.2 Å². The van der Waals surface area contributed by atoms with Crippen LogP contribution in [0.4, 0.5) is 4.79 Å². The van der Waals surface area contributed by atoms with E-state index >= 15 is 0 Å². The van der Waals surface area contributed by atoms with E-state index in [-0.39, 0.29) is 17.6 Å². The SMILES string of the molecule is O=C1NC(=O)C([SiH3])N1. The van der Waals surface area contributed by atoms with Crippen molar-refractivity contribution < 1.29 is 9.59 Å². The van der Waals surface area contributed by atoms with Gasteiger partial charge in [-0.1, -0.05) is 0 Å². The smallest absolute Gasteiger partial charge is 0.321 e. The molecule has 0 spiro atoms. The third-order valence-electron chi connectivity index (χ3n) is 0.978. The van der Waals surface area contributed by atoms with Crippen LogP contribution in [0.25, 0.3) is 0 Å². The number of carbonyl (C=O) groups is 2. The maximum Gasteiger partial charge on any atom is 0.321 e. The van der Waals surface area contributed by atoms with Crippen molar-refractivity contribution in [1.82, 2.24) is 10.6 Å². The van der Waals surface area contributed by atoms with Gasteiger partial charge < -0.3 is 5.32 Å². The largest absolute Gasteiger partial charge is 0.330 e. The Bertz CT molecular complexity index is 146. The minimum atomic E-state index is -0.366. The van der Waals surface area contributed by atoms with Crippen LogP contribution in [-0.2, 0) is 4.79 Å². The molecule has 0 aromatic heterocycles. The van der Waals surface area contributed by atoms with Gasteiger partial charge in [-0.2, -0.15) is 0 Å². The Morgan fingerprint density at radius 3 is 2.25 bits per heavy atom. The summed E-state index contributed by atoms with van der Waals surface area (Å²) in [5.41, 5.74) is -0.220. The van der Waals surface area contributed by atoms with Crippen molar-refractivity contribution in [1.29, 1.82) is 0 Å². The molecule has 1 unspecified atom stereocenters. The molecule has 2 N–H and O–H groups in total. The Labute approximate surface area is 49.1 Å². The van der Waals surface area contributed by atoms with Gasteiger partial charge in [-0.3, -0.25) is 10.1 Å². The van der Waals surface area contributed by atoms with Gasteiger partial charge >= 0.3 is 6.03 Å². The zero-order chi connectivity index (χ0) is 6.15. The first-order chi connectivity index (χ1) is 3.70. The summed E-state index contributed by atoms with van der Waals surface area (Å²) in [4.78, 5) is 20.7. The fourth-order valence-electron chi connectivity index (χ4n) is 0.518. The summed E-state index contributed by atoms with van der Waals surface area (Å²) in [5, 5.41) is 4.54. The fraction of sp³-hybridized carbons (Fsp3) is 0.333. The molecule has 1 heterocycles. The van der Waals surface area contributed by atoms with E-state index in [1.54, 1.807) is 0 Å². The lowest BCUT2D eigenvalue weighted by Gasteiger charge is -1.91. The summed E-state index contributed by atoms with van der Waals surface area (Å²) < 4.78 is 0. The molecular weight excluding hydrogens is 124 g/mol.